The summed E-state index contributed by atoms with van der Waals surface area (Å²) in [5.41, 5.74) is 5.50. The third-order valence-electron chi connectivity index (χ3n) is 10.8. The summed E-state index contributed by atoms with van der Waals surface area (Å²) in [7, 11) is 0. The number of hydrogen-bond acceptors (Lipinski definition) is 5. The molecule has 0 aromatic rings. The number of carbonyl (C=O) groups excluding carboxylic acids is 2. The van der Waals surface area contributed by atoms with Crippen LogP contribution < -0.4 is 11.1 Å². The molecule has 0 bridgehead atoms. The lowest BCUT2D eigenvalue weighted by Gasteiger charge is -2.18. The molecule has 7 heteroatoms. The van der Waals surface area contributed by atoms with Crippen LogP contribution in [0.15, 0.2) is 60.8 Å². The number of ether oxygens (including phenoxy) is 1. The number of allylic oxidation sites excluding steroid dienone is 10. The number of carbonyl (C=O) groups is 3. The Morgan fingerprint density at radius 1 is 0.508 bits per heavy atom. The second-order valence-corrected chi connectivity index (χ2v) is 16.5. The van der Waals surface area contributed by atoms with Crippen LogP contribution in [0.3, 0.4) is 0 Å². The highest BCUT2D eigenvalue weighted by molar-refractivity contribution is 5.83. The maximum absolute atomic E-state index is 12.9. The average molecular weight is 825 g/mol. The van der Waals surface area contributed by atoms with Gasteiger partial charge in [0.05, 0.1) is 0 Å². The number of esters is 1. The van der Waals surface area contributed by atoms with E-state index >= 15 is 0 Å². The van der Waals surface area contributed by atoms with Gasteiger partial charge < -0.3 is 20.9 Å². The molecule has 0 rings (SSSR count). The molecular formula is C52H92N2O5. The van der Waals surface area contributed by atoms with Crippen molar-refractivity contribution in [2.24, 2.45) is 5.73 Å². The van der Waals surface area contributed by atoms with Gasteiger partial charge in [-0.05, 0) is 122 Å². The monoisotopic (exact) mass is 825 g/mol. The van der Waals surface area contributed by atoms with Gasteiger partial charge >= 0.3 is 11.9 Å². The molecule has 0 radical (unpaired) electrons. The normalized spacial score (nSPS) is 13.1. The van der Waals surface area contributed by atoms with Gasteiger partial charge in [0.2, 0.25) is 5.91 Å². The van der Waals surface area contributed by atoms with Gasteiger partial charge in [0.1, 0.15) is 12.1 Å². The van der Waals surface area contributed by atoms with E-state index in [1.165, 1.54) is 89.9 Å². The molecule has 0 heterocycles. The average Bonchev–Trinajstić information content (AvgIpc) is 3.22. The van der Waals surface area contributed by atoms with E-state index in [0.717, 1.165) is 103 Å². The maximum Gasteiger partial charge on any atom is 0.326 e. The SMILES string of the molecule is CC/C=C\C/C=C\C/C=C\C/C=C\CCCCC(CCCCCCCC(=O)NC(CCCN)C(=O)O)OC(=O)CCCCCCCCC/C=C\CCCCCCCCC. The van der Waals surface area contributed by atoms with Crippen molar-refractivity contribution in [1.29, 1.82) is 0 Å². The highest BCUT2D eigenvalue weighted by Crippen LogP contribution is 2.18. The van der Waals surface area contributed by atoms with Crippen LogP contribution in [0.4, 0.5) is 0 Å². The van der Waals surface area contributed by atoms with Crippen LogP contribution in [0.2, 0.25) is 0 Å². The number of nitrogens with two attached hydrogens (primary N) is 1. The predicted octanol–water partition coefficient (Wildman–Crippen LogP) is 14.5. The molecule has 0 saturated carbocycles. The van der Waals surface area contributed by atoms with Crippen LogP contribution in [0.1, 0.15) is 232 Å². The molecule has 0 aromatic heterocycles. The summed E-state index contributed by atoms with van der Waals surface area (Å²) in [6.45, 7) is 4.84. The first-order valence-corrected chi connectivity index (χ1v) is 24.6. The van der Waals surface area contributed by atoms with Crippen molar-refractivity contribution in [3.63, 3.8) is 0 Å². The molecule has 0 saturated heterocycles. The van der Waals surface area contributed by atoms with Crippen LogP contribution >= 0.6 is 0 Å². The third kappa shape index (κ3) is 43.0. The van der Waals surface area contributed by atoms with E-state index in [1.54, 1.807) is 0 Å². The minimum Gasteiger partial charge on any atom is -0.480 e. The number of aliphatic carboxylic acids is 1. The highest BCUT2D eigenvalue weighted by Gasteiger charge is 2.19. The molecule has 7 nitrogen and oxygen atoms in total. The summed E-state index contributed by atoms with van der Waals surface area (Å²) in [5, 5.41) is 12.0. The van der Waals surface area contributed by atoms with Gasteiger partial charge in [-0.2, -0.15) is 0 Å². The van der Waals surface area contributed by atoms with E-state index in [9.17, 15) is 19.5 Å². The van der Waals surface area contributed by atoms with Gasteiger partial charge in [0.25, 0.3) is 0 Å². The Labute approximate surface area is 363 Å². The van der Waals surface area contributed by atoms with Gasteiger partial charge in [0, 0.05) is 12.8 Å². The maximum atomic E-state index is 12.9. The fourth-order valence-electron chi connectivity index (χ4n) is 7.14. The fourth-order valence-corrected chi connectivity index (χ4v) is 7.14. The van der Waals surface area contributed by atoms with Crippen LogP contribution in [0.5, 0.6) is 0 Å². The number of nitrogens with one attached hydrogen (secondary N) is 1. The van der Waals surface area contributed by atoms with Gasteiger partial charge in [-0.1, -0.05) is 164 Å². The van der Waals surface area contributed by atoms with Crippen molar-refractivity contribution >= 4 is 17.8 Å². The van der Waals surface area contributed by atoms with E-state index in [-0.39, 0.29) is 18.0 Å². The van der Waals surface area contributed by atoms with E-state index < -0.39 is 12.0 Å². The van der Waals surface area contributed by atoms with Crippen molar-refractivity contribution in [3.8, 4) is 0 Å². The summed E-state index contributed by atoms with van der Waals surface area (Å²) >= 11 is 0. The Bertz CT molecular complexity index is 1110. The first-order chi connectivity index (χ1) is 28.9. The van der Waals surface area contributed by atoms with Gasteiger partial charge in [-0.15, -0.1) is 0 Å². The standard InChI is InChI=1S/C52H92N2O5/c1-3-5-7-9-11-13-15-17-19-20-21-23-25-27-29-31-36-40-46-51(56)59-48(42-37-33-30-28-26-24-22-18-16-14-12-10-8-6-4-2)43-38-34-32-35-39-45-50(55)54-49(52(57)58)44-41-47-53/h6,8,12,14,18-20,22,26,28,48-49H,3-5,7,9-11,13,15-17,21,23-25,27,29-47,53H2,1-2H3,(H,54,55)(H,57,58)/b8-6-,14-12-,20-19-,22-18-,28-26-. The third-order valence-corrected chi connectivity index (χ3v) is 10.8. The van der Waals surface area contributed by atoms with Crippen LogP contribution in [0, 0.1) is 0 Å². The molecule has 1 amide bonds. The fraction of sp³-hybridized carbons (Fsp3) is 0.750. The van der Waals surface area contributed by atoms with Crippen molar-refractivity contribution in [2.45, 2.75) is 244 Å². The number of amides is 1. The molecule has 0 aliphatic rings. The van der Waals surface area contributed by atoms with E-state index in [0.29, 0.717) is 32.2 Å². The molecule has 59 heavy (non-hydrogen) atoms. The Morgan fingerprint density at radius 3 is 1.46 bits per heavy atom. The highest BCUT2D eigenvalue weighted by atomic mass is 16.5. The number of unbranched alkanes of at least 4 members (excludes halogenated alkanes) is 20. The number of carboxylic acids is 1. The minimum atomic E-state index is -1.01. The Balaban J connectivity index is 4.39. The van der Waals surface area contributed by atoms with Crippen LogP contribution in [-0.2, 0) is 19.1 Å². The van der Waals surface area contributed by atoms with Crippen molar-refractivity contribution in [3.05, 3.63) is 60.8 Å². The number of rotatable bonds is 44. The lowest BCUT2D eigenvalue weighted by molar-refractivity contribution is -0.150. The van der Waals surface area contributed by atoms with Gasteiger partial charge in [-0.3, -0.25) is 9.59 Å². The summed E-state index contributed by atoms with van der Waals surface area (Å²) in [6, 6.07) is -0.864. The van der Waals surface area contributed by atoms with Crippen molar-refractivity contribution < 1.29 is 24.2 Å². The Hall–Kier alpha value is -2.93. The van der Waals surface area contributed by atoms with E-state index in [2.05, 4.69) is 79.9 Å². The van der Waals surface area contributed by atoms with Crippen LogP contribution in [0.25, 0.3) is 0 Å². The minimum absolute atomic E-state index is 0.0308. The lowest BCUT2D eigenvalue weighted by Crippen LogP contribution is -2.40. The summed E-state index contributed by atoms with van der Waals surface area (Å²) in [6.07, 6.45) is 58.4. The summed E-state index contributed by atoms with van der Waals surface area (Å²) < 4.78 is 6.06. The zero-order chi connectivity index (χ0) is 43.1. The van der Waals surface area contributed by atoms with E-state index in [4.69, 9.17) is 10.5 Å². The molecule has 0 fully saturated rings. The number of hydrogen-bond donors (Lipinski definition) is 3. The molecule has 0 aliphatic carbocycles. The Kier molecular flexibility index (Phi) is 43.9. The van der Waals surface area contributed by atoms with Crippen molar-refractivity contribution in [2.75, 3.05) is 6.54 Å². The number of carboxylic acid groups (broad SMARTS) is 1. The second kappa shape index (κ2) is 46.1. The van der Waals surface area contributed by atoms with Crippen molar-refractivity contribution in [1.82, 2.24) is 5.32 Å². The lowest BCUT2D eigenvalue weighted by atomic mass is 10.0. The molecule has 2 unspecified atom stereocenters. The molecule has 340 valence electrons. The Morgan fingerprint density at radius 2 is 0.932 bits per heavy atom. The molecule has 2 atom stereocenters. The molecular weight excluding hydrogens is 733 g/mol. The van der Waals surface area contributed by atoms with Gasteiger partial charge in [0.15, 0.2) is 0 Å². The second-order valence-electron chi connectivity index (χ2n) is 16.5. The first kappa shape index (κ1) is 56.1. The zero-order valence-corrected chi connectivity index (χ0v) is 38.3. The largest absolute Gasteiger partial charge is 0.480 e. The molecule has 0 spiro atoms. The first-order valence-electron chi connectivity index (χ1n) is 24.6. The topological polar surface area (TPSA) is 119 Å². The molecule has 0 aromatic carbocycles. The molecule has 4 N–H and O–H groups in total. The quantitative estimate of drug-likeness (QED) is 0.0320. The summed E-state index contributed by atoms with van der Waals surface area (Å²) in [5.74, 6) is -1.26. The predicted molar refractivity (Wildman–Crippen MR) is 253 cm³/mol. The zero-order valence-electron chi connectivity index (χ0n) is 38.3. The summed E-state index contributed by atoms with van der Waals surface area (Å²) in [4.78, 5) is 36.5. The van der Waals surface area contributed by atoms with Gasteiger partial charge in [-0.25, -0.2) is 4.79 Å². The van der Waals surface area contributed by atoms with E-state index in [1.807, 2.05) is 0 Å². The molecule has 0 aliphatic heterocycles. The van der Waals surface area contributed by atoms with Crippen LogP contribution in [-0.4, -0.2) is 41.6 Å². The smallest absolute Gasteiger partial charge is 0.326 e.